The Labute approximate surface area is 152 Å². The molecular formula is C18H14N4OS2. The Bertz CT molecular complexity index is 977. The van der Waals surface area contributed by atoms with Gasteiger partial charge in [0.15, 0.2) is 5.13 Å². The second-order valence-electron chi connectivity index (χ2n) is 5.40. The fraction of sp³-hybridized carbons (Fsp3) is 0.111. The Morgan fingerprint density at radius 2 is 2.04 bits per heavy atom. The molecule has 0 aliphatic heterocycles. The van der Waals surface area contributed by atoms with Crippen LogP contribution in [0.15, 0.2) is 54.2 Å². The van der Waals surface area contributed by atoms with Gasteiger partial charge in [0.05, 0.1) is 20.9 Å². The van der Waals surface area contributed by atoms with Gasteiger partial charge in [-0.15, -0.1) is 22.7 Å². The summed E-state index contributed by atoms with van der Waals surface area (Å²) < 4.78 is 1.15. The third kappa shape index (κ3) is 3.72. The molecule has 0 saturated carbocycles. The van der Waals surface area contributed by atoms with Crippen molar-refractivity contribution in [3.63, 3.8) is 0 Å². The lowest BCUT2D eigenvalue weighted by atomic mass is 10.2. The lowest BCUT2D eigenvalue weighted by Crippen LogP contribution is -2.12. The van der Waals surface area contributed by atoms with Crippen molar-refractivity contribution in [3.8, 4) is 11.3 Å². The summed E-state index contributed by atoms with van der Waals surface area (Å²) in [5.41, 5.74) is 2.75. The van der Waals surface area contributed by atoms with Gasteiger partial charge in [0.1, 0.15) is 0 Å². The standard InChI is InChI=1S/C18H14N4OS2/c23-16(7-8-17-20-13-5-1-2-6-15(13)25-17)22-18-21-14(11-24-18)12-4-3-9-19-10-12/h1-6,9-11H,7-8H2,(H,21,22,23). The fourth-order valence-electron chi connectivity index (χ4n) is 2.41. The number of carbonyl (C=O) groups excluding carboxylic acids is 1. The summed E-state index contributed by atoms with van der Waals surface area (Å²) in [5, 5.41) is 6.36. The summed E-state index contributed by atoms with van der Waals surface area (Å²) in [4.78, 5) is 25.2. The summed E-state index contributed by atoms with van der Waals surface area (Å²) >= 11 is 3.05. The van der Waals surface area contributed by atoms with Crippen LogP contribution in [0, 0.1) is 0 Å². The number of para-hydroxylation sites is 1. The van der Waals surface area contributed by atoms with Crippen LogP contribution >= 0.6 is 22.7 Å². The lowest BCUT2D eigenvalue weighted by Gasteiger charge is -2.00. The first kappa shape index (κ1) is 15.9. The van der Waals surface area contributed by atoms with E-state index in [1.807, 2.05) is 41.8 Å². The van der Waals surface area contributed by atoms with Crippen LogP contribution in [0.3, 0.4) is 0 Å². The van der Waals surface area contributed by atoms with E-state index < -0.39 is 0 Å². The molecular weight excluding hydrogens is 352 g/mol. The molecule has 3 aromatic heterocycles. The zero-order valence-electron chi connectivity index (χ0n) is 13.2. The molecule has 0 saturated heterocycles. The maximum atomic E-state index is 12.2. The van der Waals surface area contributed by atoms with Crippen LogP contribution < -0.4 is 5.32 Å². The highest BCUT2D eigenvalue weighted by atomic mass is 32.1. The van der Waals surface area contributed by atoms with Crippen molar-refractivity contribution in [3.05, 3.63) is 59.2 Å². The maximum Gasteiger partial charge on any atom is 0.226 e. The number of thiazole rings is 2. The molecule has 5 nitrogen and oxygen atoms in total. The van der Waals surface area contributed by atoms with Gasteiger partial charge in [0.25, 0.3) is 0 Å². The number of aryl methyl sites for hydroxylation is 1. The Hall–Kier alpha value is -2.64. The van der Waals surface area contributed by atoms with E-state index >= 15 is 0 Å². The maximum absolute atomic E-state index is 12.2. The molecule has 0 aliphatic rings. The molecule has 1 aromatic carbocycles. The number of benzene rings is 1. The first-order valence-corrected chi connectivity index (χ1v) is 9.48. The minimum absolute atomic E-state index is 0.0497. The van der Waals surface area contributed by atoms with Crippen molar-refractivity contribution >= 4 is 43.9 Å². The first-order chi connectivity index (χ1) is 12.3. The number of aromatic nitrogens is 3. The zero-order valence-corrected chi connectivity index (χ0v) is 14.8. The van der Waals surface area contributed by atoms with Crippen LogP contribution in [-0.2, 0) is 11.2 Å². The number of hydrogen-bond donors (Lipinski definition) is 1. The first-order valence-electron chi connectivity index (χ1n) is 7.78. The zero-order chi connectivity index (χ0) is 17.1. The van der Waals surface area contributed by atoms with E-state index in [9.17, 15) is 4.79 Å². The summed E-state index contributed by atoms with van der Waals surface area (Å²) in [6, 6.07) is 11.8. The molecule has 1 amide bonds. The normalized spacial score (nSPS) is 10.9. The van der Waals surface area contributed by atoms with E-state index in [-0.39, 0.29) is 5.91 Å². The summed E-state index contributed by atoms with van der Waals surface area (Å²) in [7, 11) is 0. The van der Waals surface area contributed by atoms with Crippen molar-refractivity contribution in [1.82, 2.24) is 15.0 Å². The molecule has 4 rings (SSSR count). The average molecular weight is 366 g/mol. The number of nitrogens with one attached hydrogen (secondary N) is 1. The van der Waals surface area contributed by atoms with Gasteiger partial charge in [0.2, 0.25) is 5.91 Å². The Morgan fingerprint density at radius 3 is 2.88 bits per heavy atom. The highest BCUT2D eigenvalue weighted by Crippen LogP contribution is 2.25. The van der Waals surface area contributed by atoms with Crippen LogP contribution in [0.2, 0.25) is 0 Å². The number of pyridine rings is 1. The molecule has 0 radical (unpaired) electrons. The Balaban J connectivity index is 1.37. The number of hydrogen-bond acceptors (Lipinski definition) is 6. The van der Waals surface area contributed by atoms with Crippen molar-refractivity contribution in [2.75, 3.05) is 5.32 Å². The molecule has 3 heterocycles. The van der Waals surface area contributed by atoms with Crippen LogP contribution in [0.5, 0.6) is 0 Å². The van der Waals surface area contributed by atoms with Gasteiger partial charge >= 0.3 is 0 Å². The van der Waals surface area contributed by atoms with Gasteiger partial charge in [-0.3, -0.25) is 9.78 Å². The van der Waals surface area contributed by atoms with Crippen LogP contribution in [0.1, 0.15) is 11.4 Å². The van der Waals surface area contributed by atoms with E-state index in [2.05, 4.69) is 20.3 Å². The van der Waals surface area contributed by atoms with Gasteiger partial charge in [-0.05, 0) is 24.3 Å². The van der Waals surface area contributed by atoms with Gasteiger partial charge < -0.3 is 5.32 Å². The number of carbonyl (C=O) groups is 1. The number of rotatable bonds is 5. The van der Waals surface area contributed by atoms with Crippen molar-refractivity contribution in [1.29, 1.82) is 0 Å². The number of fused-ring (bicyclic) bond motifs is 1. The van der Waals surface area contributed by atoms with E-state index in [4.69, 9.17) is 0 Å². The molecule has 0 bridgehead atoms. The van der Waals surface area contributed by atoms with E-state index in [1.54, 1.807) is 23.7 Å². The third-order valence-corrected chi connectivity index (χ3v) is 5.47. The highest BCUT2D eigenvalue weighted by molar-refractivity contribution is 7.18. The monoisotopic (exact) mass is 366 g/mol. The molecule has 0 unspecified atom stereocenters. The van der Waals surface area contributed by atoms with Gasteiger partial charge in [0, 0.05) is 36.2 Å². The minimum atomic E-state index is -0.0497. The summed E-state index contributed by atoms with van der Waals surface area (Å²) in [6.07, 6.45) is 4.50. The molecule has 0 fully saturated rings. The lowest BCUT2D eigenvalue weighted by molar-refractivity contribution is -0.116. The molecule has 7 heteroatoms. The Morgan fingerprint density at radius 1 is 1.12 bits per heavy atom. The van der Waals surface area contributed by atoms with Crippen molar-refractivity contribution in [2.24, 2.45) is 0 Å². The van der Waals surface area contributed by atoms with E-state index in [0.29, 0.717) is 18.0 Å². The predicted octanol–water partition coefficient (Wildman–Crippen LogP) is 4.39. The second-order valence-corrected chi connectivity index (χ2v) is 7.38. The SMILES string of the molecule is O=C(CCc1nc2ccccc2s1)Nc1nc(-c2cccnc2)cs1. The van der Waals surface area contributed by atoms with Crippen molar-refractivity contribution < 1.29 is 4.79 Å². The van der Waals surface area contributed by atoms with Crippen LogP contribution in [0.25, 0.3) is 21.5 Å². The average Bonchev–Trinajstić information content (AvgIpc) is 3.27. The molecule has 0 aliphatic carbocycles. The number of anilines is 1. The van der Waals surface area contributed by atoms with Gasteiger partial charge in [-0.25, -0.2) is 9.97 Å². The molecule has 124 valence electrons. The molecule has 1 N–H and O–H groups in total. The fourth-order valence-corrected chi connectivity index (χ4v) is 4.11. The van der Waals surface area contributed by atoms with Crippen LogP contribution in [0.4, 0.5) is 5.13 Å². The van der Waals surface area contributed by atoms with E-state index in [0.717, 1.165) is 26.5 Å². The quantitative estimate of drug-likeness (QED) is 0.569. The predicted molar refractivity (Wildman–Crippen MR) is 102 cm³/mol. The van der Waals surface area contributed by atoms with Gasteiger partial charge in [-0.2, -0.15) is 0 Å². The molecule has 0 spiro atoms. The van der Waals surface area contributed by atoms with Crippen molar-refractivity contribution in [2.45, 2.75) is 12.8 Å². The topological polar surface area (TPSA) is 67.8 Å². The molecule has 25 heavy (non-hydrogen) atoms. The summed E-state index contributed by atoms with van der Waals surface area (Å²) in [6.45, 7) is 0. The third-order valence-electron chi connectivity index (χ3n) is 3.61. The van der Waals surface area contributed by atoms with E-state index in [1.165, 1.54) is 11.3 Å². The largest absolute Gasteiger partial charge is 0.302 e. The van der Waals surface area contributed by atoms with Gasteiger partial charge in [-0.1, -0.05) is 12.1 Å². The molecule has 0 atom stereocenters. The smallest absolute Gasteiger partial charge is 0.226 e. The number of nitrogens with zero attached hydrogens (tertiary/aromatic N) is 3. The van der Waals surface area contributed by atoms with Crippen LogP contribution in [-0.4, -0.2) is 20.9 Å². The minimum Gasteiger partial charge on any atom is -0.302 e. The summed E-state index contributed by atoms with van der Waals surface area (Å²) in [5.74, 6) is -0.0497. The Kier molecular flexibility index (Phi) is 4.49. The number of amides is 1. The molecule has 4 aromatic rings. The highest BCUT2D eigenvalue weighted by Gasteiger charge is 2.10. The second kappa shape index (κ2) is 7.08.